The number of hydrogen-bond acceptors (Lipinski definition) is 3. The Labute approximate surface area is 139 Å². The summed E-state index contributed by atoms with van der Waals surface area (Å²) in [5, 5.41) is 5.64. The average Bonchev–Trinajstić information content (AvgIpc) is 2.98. The maximum atomic E-state index is 13.0. The predicted molar refractivity (Wildman–Crippen MR) is 85.0 cm³/mol. The van der Waals surface area contributed by atoms with Crippen molar-refractivity contribution >= 4 is 23.3 Å². The van der Waals surface area contributed by atoms with Crippen molar-refractivity contribution in [1.29, 1.82) is 0 Å². The molecule has 1 heterocycles. The van der Waals surface area contributed by atoms with Crippen LogP contribution in [0.25, 0.3) is 0 Å². The van der Waals surface area contributed by atoms with Crippen LogP contribution in [0.4, 0.5) is 14.9 Å². The lowest BCUT2D eigenvalue weighted by Crippen LogP contribution is -2.39. The fourth-order valence-electron chi connectivity index (χ4n) is 3.10. The molecule has 1 aromatic rings. The molecule has 0 radical (unpaired) electrons. The quantitative estimate of drug-likeness (QED) is 0.883. The number of ether oxygens (including phenoxy) is 2. The van der Waals surface area contributed by atoms with E-state index in [0.717, 1.165) is 25.7 Å². The predicted octanol–water partition coefficient (Wildman–Crippen LogP) is 3.53. The third-order valence-electron chi connectivity index (χ3n) is 4.41. The van der Waals surface area contributed by atoms with Gasteiger partial charge < -0.3 is 20.1 Å². The van der Waals surface area contributed by atoms with E-state index in [1.54, 1.807) is 0 Å². The van der Waals surface area contributed by atoms with E-state index in [2.05, 4.69) is 10.6 Å². The van der Waals surface area contributed by atoms with Crippen molar-refractivity contribution in [2.75, 3.05) is 25.1 Å². The second kappa shape index (κ2) is 7.03. The minimum Gasteiger partial charge on any atom is -0.348 e. The summed E-state index contributed by atoms with van der Waals surface area (Å²) in [6.45, 7) is 1.92. The first kappa shape index (κ1) is 16.5. The molecular weight excluding hydrogens is 323 g/mol. The first-order valence-electron chi connectivity index (χ1n) is 7.84. The van der Waals surface area contributed by atoms with Crippen molar-refractivity contribution in [3.8, 4) is 0 Å². The summed E-state index contributed by atoms with van der Waals surface area (Å²) in [6, 6.07) is 3.52. The lowest BCUT2D eigenvalue weighted by molar-refractivity contribution is -0.182. The van der Waals surface area contributed by atoms with E-state index < -0.39 is 5.82 Å². The molecule has 1 saturated heterocycles. The van der Waals surface area contributed by atoms with Crippen LogP contribution in [-0.2, 0) is 9.47 Å². The van der Waals surface area contributed by atoms with Crippen LogP contribution in [0.1, 0.15) is 25.7 Å². The summed E-state index contributed by atoms with van der Waals surface area (Å²) in [7, 11) is 0. The van der Waals surface area contributed by atoms with Gasteiger partial charge in [0, 0.05) is 19.4 Å². The van der Waals surface area contributed by atoms with Crippen LogP contribution in [0.2, 0.25) is 5.02 Å². The van der Waals surface area contributed by atoms with E-state index in [4.69, 9.17) is 21.1 Å². The molecule has 23 heavy (non-hydrogen) atoms. The largest absolute Gasteiger partial charge is 0.348 e. The highest BCUT2D eigenvalue weighted by molar-refractivity contribution is 6.33. The molecule has 5 nitrogen and oxygen atoms in total. The van der Waals surface area contributed by atoms with Gasteiger partial charge in [0.15, 0.2) is 5.79 Å². The fraction of sp³-hybridized carbons (Fsp3) is 0.562. The molecule has 0 bridgehead atoms. The number of urea groups is 1. The zero-order chi connectivity index (χ0) is 16.3. The summed E-state index contributed by atoms with van der Waals surface area (Å²) in [5.41, 5.74) is 0.390. The molecule has 2 amide bonds. The number of nitrogens with one attached hydrogen (secondary N) is 2. The van der Waals surface area contributed by atoms with Gasteiger partial charge in [0.1, 0.15) is 5.82 Å². The number of hydrogen-bond donors (Lipinski definition) is 2. The Morgan fingerprint density at radius 2 is 2.00 bits per heavy atom. The van der Waals surface area contributed by atoms with Gasteiger partial charge >= 0.3 is 6.03 Å². The molecule has 2 aliphatic rings. The molecule has 0 aromatic heterocycles. The second-order valence-electron chi connectivity index (χ2n) is 6.01. The van der Waals surface area contributed by atoms with Gasteiger partial charge in [0.05, 0.1) is 23.9 Å². The van der Waals surface area contributed by atoms with Crippen LogP contribution < -0.4 is 10.6 Å². The van der Waals surface area contributed by atoms with E-state index in [9.17, 15) is 9.18 Å². The van der Waals surface area contributed by atoms with E-state index in [1.165, 1.54) is 18.2 Å². The number of anilines is 1. The lowest BCUT2D eigenvalue weighted by Gasteiger charge is -2.35. The van der Waals surface area contributed by atoms with Crippen LogP contribution >= 0.6 is 11.6 Å². The second-order valence-corrected chi connectivity index (χ2v) is 6.42. The smallest absolute Gasteiger partial charge is 0.319 e. The number of rotatable bonds is 3. The molecule has 7 heteroatoms. The first-order valence-corrected chi connectivity index (χ1v) is 8.22. The van der Waals surface area contributed by atoms with Gasteiger partial charge in [-0.3, -0.25) is 0 Å². The highest BCUT2D eigenvalue weighted by atomic mass is 35.5. The van der Waals surface area contributed by atoms with E-state index >= 15 is 0 Å². The van der Waals surface area contributed by atoms with Crippen LogP contribution in [0, 0.1) is 11.7 Å². The maximum absolute atomic E-state index is 13.0. The van der Waals surface area contributed by atoms with Gasteiger partial charge in [-0.15, -0.1) is 0 Å². The molecule has 3 rings (SSSR count). The third-order valence-corrected chi connectivity index (χ3v) is 4.72. The molecule has 1 aliphatic carbocycles. The summed E-state index contributed by atoms with van der Waals surface area (Å²) in [5.74, 6) is -0.406. The van der Waals surface area contributed by atoms with Gasteiger partial charge in [-0.2, -0.15) is 0 Å². The minimum atomic E-state index is -0.437. The molecule has 1 aliphatic heterocycles. The van der Waals surface area contributed by atoms with Gasteiger partial charge in [0.2, 0.25) is 0 Å². The van der Waals surface area contributed by atoms with E-state index in [0.29, 0.717) is 31.4 Å². The van der Waals surface area contributed by atoms with Crippen LogP contribution in [0.5, 0.6) is 0 Å². The molecule has 2 fully saturated rings. The number of amides is 2. The molecule has 0 atom stereocenters. The Hall–Kier alpha value is -1.37. The molecular formula is C16H20ClFN2O3. The Morgan fingerprint density at radius 1 is 1.30 bits per heavy atom. The Bertz CT molecular complexity index is 568. The van der Waals surface area contributed by atoms with Gasteiger partial charge in [-0.1, -0.05) is 11.6 Å². The minimum absolute atomic E-state index is 0.176. The summed E-state index contributed by atoms with van der Waals surface area (Å²) >= 11 is 5.88. The topological polar surface area (TPSA) is 59.6 Å². The molecule has 1 spiro atoms. The Balaban J connectivity index is 1.43. The normalized spacial score (nSPS) is 20.6. The molecule has 1 saturated carbocycles. The van der Waals surface area contributed by atoms with Crippen molar-refractivity contribution in [3.05, 3.63) is 29.0 Å². The average molecular weight is 343 g/mol. The number of halogens is 2. The van der Waals surface area contributed by atoms with Gasteiger partial charge in [-0.25, -0.2) is 9.18 Å². The van der Waals surface area contributed by atoms with Crippen molar-refractivity contribution in [2.24, 2.45) is 5.92 Å². The van der Waals surface area contributed by atoms with Crippen LogP contribution in [-0.4, -0.2) is 31.6 Å². The number of carbonyl (C=O) groups excluding carboxylic acids is 1. The van der Waals surface area contributed by atoms with Crippen LogP contribution in [0.3, 0.4) is 0 Å². The Morgan fingerprint density at radius 3 is 2.65 bits per heavy atom. The van der Waals surface area contributed by atoms with Crippen LogP contribution in [0.15, 0.2) is 18.2 Å². The number of carbonyl (C=O) groups is 1. The van der Waals surface area contributed by atoms with E-state index in [1.807, 2.05) is 0 Å². The monoisotopic (exact) mass is 342 g/mol. The lowest BCUT2D eigenvalue weighted by atomic mass is 9.85. The fourth-order valence-corrected chi connectivity index (χ4v) is 3.32. The summed E-state index contributed by atoms with van der Waals surface area (Å²) in [6.07, 6.45) is 3.64. The van der Waals surface area contributed by atoms with Gasteiger partial charge in [0.25, 0.3) is 0 Å². The number of benzene rings is 1. The molecule has 0 unspecified atom stereocenters. The maximum Gasteiger partial charge on any atom is 0.319 e. The highest BCUT2D eigenvalue weighted by Crippen LogP contribution is 2.37. The summed E-state index contributed by atoms with van der Waals surface area (Å²) < 4.78 is 24.3. The molecule has 2 N–H and O–H groups in total. The molecule has 126 valence electrons. The first-order chi connectivity index (χ1) is 11.1. The standard InChI is InChI=1S/C16H20ClFN2O3/c17-13-9-12(18)1-2-14(13)20-15(21)19-10-11-3-5-16(6-4-11)22-7-8-23-16/h1-2,9,11H,3-8,10H2,(H2,19,20,21). The zero-order valence-corrected chi connectivity index (χ0v) is 13.5. The van der Waals surface area contributed by atoms with E-state index in [-0.39, 0.29) is 16.8 Å². The zero-order valence-electron chi connectivity index (χ0n) is 12.7. The summed E-state index contributed by atoms with van der Waals surface area (Å²) in [4.78, 5) is 11.9. The van der Waals surface area contributed by atoms with Crippen molar-refractivity contribution in [2.45, 2.75) is 31.5 Å². The third kappa shape index (κ3) is 4.13. The molecule has 1 aromatic carbocycles. The van der Waals surface area contributed by atoms with Gasteiger partial charge in [-0.05, 0) is 37.0 Å². The Kier molecular flexibility index (Phi) is 5.04. The SMILES string of the molecule is O=C(NCC1CCC2(CC1)OCCO2)Nc1ccc(F)cc1Cl. The van der Waals surface area contributed by atoms with Crippen molar-refractivity contribution in [3.63, 3.8) is 0 Å². The van der Waals surface area contributed by atoms with Crippen molar-refractivity contribution in [1.82, 2.24) is 5.32 Å². The van der Waals surface area contributed by atoms with Crippen molar-refractivity contribution < 1.29 is 18.7 Å². The highest BCUT2D eigenvalue weighted by Gasteiger charge is 2.40.